The maximum Gasteiger partial charge on any atom is 0.228 e. The van der Waals surface area contributed by atoms with Gasteiger partial charge in [0.1, 0.15) is 0 Å². The largest absolute Gasteiger partial charge is 0.302 e. The number of sulfonamides is 1. The Hall–Kier alpha value is -0.640. The topological polar surface area (TPSA) is 73.2 Å². The van der Waals surface area contributed by atoms with Crippen LogP contribution in [0.2, 0.25) is 0 Å². The summed E-state index contributed by atoms with van der Waals surface area (Å²) >= 11 is 0. The standard InChI is InChI=1S/C11H21N3O2S/c1-3-11(8-12)17(15,16)13-9-10-6-4-5-7-14(10)2/h10-11,13H,3-7,9H2,1-2H3. The van der Waals surface area contributed by atoms with E-state index in [1.54, 1.807) is 6.92 Å². The molecule has 1 saturated heterocycles. The molecular weight excluding hydrogens is 238 g/mol. The molecule has 2 atom stereocenters. The van der Waals surface area contributed by atoms with E-state index in [4.69, 9.17) is 5.26 Å². The molecule has 17 heavy (non-hydrogen) atoms. The third-order valence-electron chi connectivity index (χ3n) is 3.33. The van der Waals surface area contributed by atoms with Crippen LogP contribution in [0.3, 0.4) is 0 Å². The molecule has 98 valence electrons. The van der Waals surface area contributed by atoms with Crippen LogP contribution in [-0.4, -0.2) is 44.7 Å². The van der Waals surface area contributed by atoms with Gasteiger partial charge in [-0.2, -0.15) is 5.26 Å². The summed E-state index contributed by atoms with van der Waals surface area (Å²) in [6.45, 7) is 3.14. The Morgan fingerprint density at radius 2 is 2.24 bits per heavy atom. The second-order valence-corrected chi connectivity index (χ2v) is 6.50. The number of hydrogen-bond acceptors (Lipinski definition) is 4. The van der Waals surface area contributed by atoms with Gasteiger partial charge in [-0.3, -0.25) is 0 Å². The van der Waals surface area contributed by atoms with E-state index in [-0.39, 0.29) is 6.04 Å². The molecule has 1 heterocycles. The number of likely N-dealkylation sites (N-methyl/N-ethyl adjacent to an activating group) is 1. The Morgan fingerprint density at radius 3 is 2.76 bits per heavy atom. The molecule has 6 heteroatoms. The fourth-order valence-electron chi connectivity index (χ4n) is 2.10. The van der Waals surface area contributed by atoms with E-state index in [1.807, 2.05) is 13.1 Å². The van der Waals surface area contributed by atoms with E-state index >= 15 is 0 Å². The second-order valence-electron chi connectivity index (χ2n) is 4.55. The van der Waals surface area contributed by atoms with Gasteiger partial charge in [0.15, 0.2) is 5.25 Å². The minimum absolute atomic E-state index is 0.259. The molecule has 1 N–H and O–H groups in total. The molecule has 0 bridgehead atoms. The SMILES string of the molecule is CCC(C#N)S(=O)(=O)NCC1CCCCN1C. The average Bonchev–Trinajstić information content (AvgIpc) is 2.29. The van der Waals surface area contributed by atoms with E-state index < -0.39 is 15.3 Å². The monoisotopic (exact) mass is 259 g/mol. The molecular formula is C11H21N3O2S. The molecule has 0 saturated carbocycles. The van der Waals surface area contributed by atoms with Crippen LogP contribution in [0, 0.1) is 11.3 Å². The Balaban J connectivity index is 2.52. The van der Waals surface area contributed by atoms with Gasteiger partial charge in [-0.1, -0.05) is 13.3 Å². The van der Waals surface area contributed by atoms with Crippen LogP contribution in [-0.2, 0) is 10.0 Å². The summed E-state index contributed by atoms with van der Waals surface area (Å²) in [4.78, 5) is 2.18. The van der Waals surface area contributed by atoms with Crippen molar-refractivity contribution < 1.29 is 8.42 Å². The lowest BCUT2D eigenvalue weighted by Gasteiger charge is -2.32. The van der Waals surface area contributed by atoms with Crippen LogP contribution < -0.4 is 4.72 Å². The van der Waals surface area contributed by atoms with E-state index in [1.165, 1.54) is 6.42 Å². The van der Waals surface area contributed by atoms with Gasteiger partial charge in [0.25, 0.3) is 0 Å². The smallest absolute Gasteiger partial charge is 0.228 e. The molecule has 0 aromatic heterocycles. The predicted octanol–water partition coefficient (Wildman–Crippen LogP) is 0.692. The molecule has 0 aliphatic carbocycles. The van der Waals surface area contributed by atoms with Gasteiger partial charge in [-0.05, 0) is 32.9 Å². The lowest BCUT2D eigenvalue weighted by atomic mass is 10.0. The highest BCUT2D eigenvalue weighted by Gasteiger charge is 2.26. The highest BCUT2D eigenvalue weighted by Crippen LogP contribution is 2.14. The van der Waals surface area contributed by atoms with Crippen LogP contribution in [0.25, 0.3) is 0 Å². The van der Waals surface area contributed by atoms with Gasteiger partial charge < -0.3 is 4.90 Å². The van der Waals surface area contributed by atoms with Gasteiger partial charge in [-0.15, -0.1) is 0 Å². The van der Waals surface area contributed by atoms with Gasteiger partial charge in [-0.25, -0.2) is 13.1 Å². The van der Waals surface area contributed by atoms with Crippen molar-refractivity contribution in [3.05, 3.63) is 0 Å². The van der Waals surface area contributed by atoms with Crippen molar-refractivity contribution in [2.45, 2.75) is 43.9 Å². The Bertz CT molecular complexity index is 375. The average molecular weight is 259 g/mol. The Kier molecular flexibility index (Phi) is 5.37. The normalized spacial score (nSPS) is 24.2. The number of nitrogens with one attached hydrogen (secondary N) is 1. The summed E-state index contributed by atoms with van der Waals surface area (Å²) in [5.74, 6) is 0. The minimum atomic E-state index is -3.48. The van der Waals surface area contributed by atoms with Crippen LogP contribution in [0.4, 0.5) is 0 Å². The molecule has 0 amide bonds. The quantitative estimate of drug-likeness (QED) is 0.788. The molecule has 0 radical (unpaired) electrons. The van der Waals surface area contributed by atoms with Crippen LogP contribution in [0.1, 0.15) is 32.6 Å². The van der Waals surface area contributed by atoms with Gasteiger partial charge in [0.05, 0.1) is 6.07 Å². The molecule has 0 aromatic rings. The van der Waals surface area contributed by atoms with Crippen molar-refractivity contribution in [1.29, 1.82) is 5.26 Å². The lowest BCUT2D eigenvalue weighted by molar-refractivity contribution is 0.187. The van der Waals surface area contributed by atoms with E-state index in [0.717, 1.165) is 19.4 Å². The number of piperidine rings is 1. The summed E-state index contributed by atoms with van der Waals surface area (Å²) in [7, 11) is -1.47. The molecule has 5 nitrogen and oxygen atoms in total. The molecule has 2 unspecified atom stereocenters. The van der Waals surface area contributed by atoms with Crippen molar-refractivity contribution in [2.24, 2.45) is 0 Å². The first kappa shape index (κ1) is 14.4. The number of rotatable bonds is 5. The summed E-state index contributed by atoms with van der Waals surface area (Å²) in [5.41, 5.74) is 0. The molecule has 0 spiro atoms. The highest BCUT2D eigenvalue weighted by molar-refractivity contribution is 7.90. The zero-order valence-corrected chi connectivity index (χ0v) is 11.3. The minimum Gasteiger partial charge on any atom is -0.302 e. The van der Waals surface area contributed by atoms with Crippen molar-refractivity contribution >= 4 is 10.0 Å². The molecule has 1 fully saturated rings. The molecule has 1 rings (SSSR count). The first-order valence-corrected chi connectivity index (χ1v) is 7.64. The van der Waals surface area contributed by atoms with Crippen molar-refractivity contribution in [3.8, 4) is 6.07 Å². The molecule has 1 aliphatic heterocycles. The van der Waals surface area contributed by atoms with Crippen molar-refractivity contribution in [3.63, 3.8) is 0 Å². The maximum absolute atomic E-state index is 11.8. The van der Waals surface area contributed by atoms with Crippen LogP contribution in [0.5, 0.6) is 0 Å². The number of nitriles is 1. The Morgan fingerprint density at radius 1 is 1.53 bits per heavy atom. The van der Waals surface area contributed by atoms with Crippen molar-refractivity contribution in [2.75, 3.05) is 20.1 Å². The van der Waals surface area contributed by atoms with E-state index in [0.29, 0.717) is 13.0 Å². The zero-order valence-electron chi connectivity index (χ0n) is 10.5. The summed E-state index contributed by atoms with van der Waals surface area (Å²) in [6.07, 6.45) is 3.66. The first-order valence-electron chi connectivity index (χ1n) is 6.09. The summed E-state index contributed by atoms with van der Waals surface area (Å²) in [6, 6.07) is 2.09. The molecule has 1 aliphatic rings. The second kappa shape index (κ2) is 6.34. The highest BCUT2D eigenvalue weighted by atomic mass is 32.2. The number of likely N-dealkylation sites (tertiary alicyclic amines) is 1. The van der Waals surface area contributed by atoms with Crippen LogP contribution >= 0.6 is 0 Å². The van der Waals surface area contributed by atoms with E-state index in [9.17, 15) is 8.42 Å². The third kappa shape index (κ3) is 3.95. The fourth-order valence-corrected chi connectivity index (χ4v) is 3.30. The van der Waals surface area contributed by atoms with Crippen LogP contribution in [0.15, 0.2) is 0 Å². The van der Waals surface area contributed by atoms with Gasteiger partial charge in [0.2, 0.25) is 10.0 Å². The third-order valence-corrected chi connectivity index (χ3v) is 5.09. The summed E-state index contributed by atoms with van der Waals surface area (Å²) < 4.78 is 26.1. The predicted molar refractivity (Wildman–Crippen MR) is 66.9 cm³/mol. The first-order chi connectivity index (χ1) is 8.01. The van der Waals surface area contributed by atoms with E-state index in [2.05, 4.69) is 9.62 Å². The number of nitrogens with zero attached hydrogens (tertiary/aromatic N) is 2. The fraction of sp³-hybridized carbons (Fsp3) is 0.909. The lowest BCUT2D eigenvalue weighted by Crippen LogP contribution is -2.46. The number of hydrogen-bond donors (Lipinski definition) is 1. The van der Waals surface area contributed by atoms with Gasteiger partial charge >= 0.3 is 0 Å². The molecule has 0 aromatic carbocycles. The summed E-state index contributed by atoms with van der Waals surface area (Å²) in [5, 5.41) is 7.84. The van der Waals surface area contributed by atoms with Crippen molar-refractivity contribution in [1.82, 2.24) is 9.62 Å². The maximum atomic E-state index is 11.8. The zero-order chi connectivity index (χ0) is 12.9. The van der Waals surface area contributed by atoms with Gasteiger partial charge in [0, 0.05) is 12.6 Å². The Labute approximate surface area is 104 Å².